The standard InChI is InChI=1S/C19H27BNO3/c1-18(2,3)24-17(22)21-16-11-19(12-16)9-14(10-19)8-13-4-6-15(20-23)7-5-13/h4-7,14,16,23H,8-12H2,1-3H3,(H,21,22). The molecule has 5 heteroatoms. The zero-order valence-corrected chi connectivity index (χ0v) is 14.8. The van der Waals surface area contributed by atoms with Crippen molar-refractivity contribution in [3.05, 3.63) is 29.8 Å². The fraction of sp³-hybridized carbons (Fsp3) is 0.632. The van der Waals surface area contributed by atoms with Crippen molar-refractivity contribution < 1.29 is 14.6 Å². The van der Waals surface area contributed by atoms with Crippen molar-refractivity contribution >= 4 is 19.0 Å². The molecule has 0 aromatic heterocycles. The molecule has 1 aromatic rings. The number of rotatable bonds is 4. The second-order valence-corrected chi connectivity index (χ2v) is 8.60. The summed E-state index contributed by atoms with van der Waals surface area (Å²) < 4.78 is 5.31. The maximum Gasteiger partial charge on any atom is 0.407 e. The van der Waals surface area contributed by atoms with Crippen LogP contribution in [0, 0.1) is 11.3 Å². The van der Waals surface area contributed by atoms with Crippen LogP contribution in [0.4, 0.5) is 4.79 Å². The number of carbonyl (C=O) groups is 1. The van der Waals surface area contributed by atoms with E-state index in [4.69, 9.17) is 9.76 Å². The van der Waals surface area contributed by atoms with Crippen LogP contribution in [0.25, 0.3) is 0 Å². The first kappa shape index (κ1) is 17.3. The third-order valence-corrected chi connectivity index (χ3v) is 5.18. The van der Waals surface area contributed by atoms with Gasteiger partial charge >= 0.3 is 13.6 Å². The van der Waals surface area contributed by atoms with Gasteiger partial charge in [0.15, 0.2) is 0 Å². The zero-order chi connectivity index (χ0) is 17.4. The molecule has 129 valence electrons. The number of alkyl carbamates (subject to hydrolysis) is 1. The molecule has 0 bridgehead atoms. The highest BCUT2D eigenvalue weighted by Crippen LogP contribution is 2.59. The molecule has 2 fully saturated rings. The molecular weight excluding hydrogens is 301 g/mol. The first-order chi connectivity index (χ1) is 11.3. The predicted octanol–water partition coefficient (Wildman–Crippen LogP) is 2.55. The van der Waals surface area contributed by atoms with Gasteiger partial charge in [0.2, 0.25) is 0 Å². The molecule has 24 heavy (non-hydrogen) atoms. The van der Waals surface area contributed by atoms with Crippen LogP contribution < -0.4 is 10.8 Å². The second-order valence-electron chi connectivity index (χ2n) is 8.60. The lowest BCUT2D eigenvalue weighted by atomic mass is 9.49. The van der Waals surface area contributed by atoms with E-state index in [1.165, 1.54) is 18.4 Å². The fourth-order valence-corrected chi connectivity index (χ4v) is 4.28. The van der Waals surface area contributed by atoms with Gasteiger partial charge in [0.1, 0.15) is 5.60 Å². The summed E-state index contributed by atoms with van der Waals surface area (Å²) in [6.45, 7) is 5.66. The molecule has 2 saturated carbocycles. The summed E-state index contributed by atoms with van der Waals surface area (Å²) in [4.78, 5) is 11.8. The number of hydrogen-bond acceptors (Lipinski definition) is 3. The van der Waals surface area contributed by atoms with Crippen molar-refractivity contribution in [3.63, 3.8) is 0 Å². The van der Waals surface area contributed by atoms with Crippen molar-refractivity contribution in [2.75, 3.05) is 0 Å². The van der Waals surface area contributed by atoms with E-state index in [2.05, 4.69) is 17.4 Å². The molecule has 1 aromatic carbocycles. The quantitative estimate of drug-likeness (QED) is 0.835. The smallest absolute Gasteiger partial charge is 0.407 e. The lowest BCUT2D eigenvalue weighted by Crippen LogP contribution is -2.56. The summed E-state index contributed by atoms with van der Waals surface area (Å²) >= 11 is 0. The monoisotopic (exact) mass is 328 g/mol. The molecule has 0 aliphatic heterocycles. The van der Waals surface area contributed by atoms with Gasteiger partial charge in [-0.05, 0) is 69.8 Å². The average molecular weight is 328 g/mol. The molecule has 2 N–H and O–H groups in total. The Balaban J connectivity index is 1.38. The van der Waals surface area contributed by atoms with Gasteiger partial charge in [-0.15, -0.1) is 0 Å². The van der Waals surface area contributed by atoms with Gasteiger partial charge in [-0.25, -0.2) is 4.79 Å². The number of amides is 1. The second kappa shape index (κ2) is 6.43. The van der Waals surface area contributed by atoms with E-state index in [0.717, 1.165) is 38.1 Å². The Morgan fingerprint density at radius 2 is 1.88 bits per heavy atom. The Kier molecular flexibility index (Phi) is 4.65. The highest BCUT2D eigenvalue weighted by atomic mass is 16.6. The third kappa shape index (κ3) is 4.13. The summed E-state index contributed by atoms with van der Waals surface area (Å²) in [5.74, 6) is 0.747. The molecule has 0 heterocycles. The van der Waals surface area contributed by atoms with Crippen LogP contribution in [0.3, 0.4) is 0 Å². The van der Waals surface area contributed by atoms with E-state index in [0.29, 0.717) is 5.41 Å². The molecular formula is C19H27BNO3. The van der Waals surface area contributed by atoms with Crippen LogP contribution in [0.15, 0.2) is 24.3 Å². The van der Waals surface area contributed by atoms with Crippen LogP contribution in [0.5, 0.6) is 0 Å². The zero-order valence-electron chi connectivity index (χ0n) is 14.8. The molecule has 1 spiro atoms. The van der Waals surface area contributed by atoms with E-state index >= 15 is 0 Å². The van der Waals surface area contributed by atoms with Crippen LogP contribution in [0.1, 0.15) is 52.0 Å². The minimum Gasteiger partial charge on any atom is -0.450 e. The minimum atomic E-state index is -0.434. The number of carbonyl (C=O) groups excluding carboxylic acids is 1. The van der Waals surface area contributed by atoms with Crippen molar-refractivity contribution in [1.29, 1.82) is 0 Å². The Morgan fingerprint density at radius 1 is 1.25 bits per heavy atom. The van der Waals surface area contributed by atoms with Gasteiger partial charge in [0, 0.05) is 6.04 Å². The Hall–Kier alpha value is -1.49. The summed E-state index contributed by atoms with van der Waals surface area (Å²) in [7, 11) is 1.13. The van der Waals surface area contributed by atoms with Crippen LogP contribution in [-0.4, -0.2) is 30.2 Å². The van der Waals surface area contributed by atoms with Gasteiger partial charge in [-0.3, -0.25) is 0 Å². The Bertz CT molecular complexity index is 580. The summed E-state index contributed by atoms with van der Waals surface area (Å²) in [5, 5.41) is 11.9. The van der Waals surface area contributed by atoms with Crippen molar-refractivity contribution in [3.8, 4) is 0 Å². The van der Waals surface area contributed by atoms with Crippen molar-refractivity contribution in [2.45, 2.75) is 64.5 Å². The normalized spacial score (nSPS) is 28.7. The molecule has 3 rings (SSSR count). The van der Waals surface area contributed by atoms with Gasteiger partial charge < -0.3 is 15.1 Å². The molecule has 2 aliphatic rings. The number of hydrogen-bond donors (Lipinski definition) is 2. The fourth-order valence-electron chi connectivity index (χ4n) is 4.28. The maximum absolute atomic E-state index is 11.8. The molecule has 0 unspecified atom stereocenters. The predicted molar refractivity (Wildman–Crippen MR) is 95.3 cm³/mol. The summed E-state index contributed by atoms with van der Waals surface area (Å²) in [5.41, 5.74) is 2.21. The SMILES string of the molecule is CC(C)(C)OC(=O)NC1CC2(CC(Cc3ccc([B]O)cc3)C2)C1. The van der Waals surface area contributed by atoms with E-state index in [1.54, 1.807) is 0 Å². The van der Waals surface area contributed by atoms with Gasteiger partial charge in [-0.1, -0.05) is 29.7 Å². The van der Waals surface area contributed by atoms with E-state index in [1.807, 2.05) is 32.9 Å². The minimum absolute atomic E-state index is 0.278. The van der Waals surface area contributed by atoms with Gasteiger partial charge in [0.25, 0.3) is 0 Å². The molecule has 0 atom stereocenters. The highest BCUT2D eigenvalue weighted by Gasteiger charge is 2.52. The van der Waals surface area contributed by atoms with Gasteiger partial charge in [0.05, 0.1) is 0 Å². The van der Waals surface area contributed by atoms with Crippen molar-refractivity contribution in [2.24, 2.45) is 11.3 Å². The van der Waals surface area contributed by atoms with E-state index in [9.17, 15) is 4.79 Å². The van der Waals surface area contributed by atoms with Crippen molar-refractivity contribution in [1.82, 2.24) is 5.32 Å². The number of ether oxygens (including phenoxy) is 1. The molecule has 1 amide bonds. The molecule has 4 nitrogen and oxygen atoms in total. The number of nitrogens with one attached hydrogen (secondary N) is 1. The molecule has 2 aliphatic carbocycles. The van der Waals surface area contributed by atoms with Crippen LogP contribution >= 0.6 is 0 Å². The van der Waals surface area contributed by atoms with E-state index < -0.39 is 5.60 Å². The van der Waals surface area contributed by atoms with Crippen LogP contribution in [0.2, 0.25) is 0 Å². The maximum atomic E-state index is 11.8. The molecule has 1 radical (unpaired) electrons. The topological polar surface area (TPSA) is 58.6 Å². The highest BCUT2D eigenvalue weighted by molar-refractivity contribution is 6.45. The third-order valence-electron chi connectivity index (χ3n) is 5.18. The summed E-state index contributed by atoms with van der Waals surface area (Å²) in [6, 6.07) is 8.38. The first-order valence-electron chi connectivity index (χ1n) is 8.83. The largest absolute Gasteiger partial charge is 0.450 e. The van der Waals surface area contributed by atoms with Crippen LogP contribution in [-0.2, 0) is 11.2 Å². The Morgan fingerprint density at radius 3 is 2.42 bits per heavy atom. The lowest BCUT2D eigenvalue weighted by molar-refractivity contribution is -0.0505. The lowest BCUT2D eigenvalue weighted by Gasteiger charge is -2.58. The average Bonchev–Trinajstić information content (AvgIpc) is 2.41. The Labute approximate surface area is 145 Å². The van der Waals surface area contributed by atoms with E-state index in [-0.39, 0.29) is 12.1 Å². The summed E-state index contributed by atoms with van der Waals surface area (Å²) in [6.07, 6.45) is 5.50. The van der Waals surface area contributed by atoms with Gasteiger partial charge in [-0.2, -0.15) is 0 Å². The number of benzene rings is 1. The first-order valence-corrected chi connectivity index (χ1v) is 8.83. The molecule has 0 saturated heterocycles.